The molecule has 1 aromatic rings. The highest BCUT2D eigenvalue weighted by Crippen LogP contribution is 2.13. The third kappa shape index (κ3) is 5.55. The summed E-state index contributed by atoms with van der Waals surface area (Å²) in [6.07, 6.45) is 0. The van der Waals surface area contributed by atoms with Gasteiger partial charge in [-0.15, -0.1) is 11.8 Å². The van der Waals surface area contributed by atoms with Crippen LogP contribution in [0.4, 0.5) is 0 Å². The molecular weight excluding hydrogens is 318 g/mol. The van der Waals surface area contributed by atoms with Gasteiger partial charge < -0.3 is 10.0 Å². The topological polar surface area (TPSA) is 57.6 Å². The molecule has 0 aromatic heterocycles. The molecule has 0 saturated heterocycles. The van der Waals surface area contributed by atoms with Crippen LogP contribution in [0.5, 0.6) is 0 Å². The number of benzene rings is 1. The van der Waals surface area contributed by atoms with Crippen molar-refractivity contribution in [1.82, 2.24) is 4.90 Å². The maximum absolute atomic E-state index is 11.7. The number of hydrogen-bond acceptors (Lipinski definition) is 3. The van der Waals surface area contributed by atoms with Crippen molar-refractivity contribution >= 4 is 39.6 Å². The molecule has 4 nitrogen and oxygen atoms in total. The monoisotopic (exact) mass is 331 g/mol. The zero-order valence-corrected chi connectivity index (χ0v) is 12.3. The largest absolute Gasteiger partial charge is 0.481 e. The van der Waals surface area contributed by atoms with Crippen molar-refractivity contribution in [1.29, 1.82) is 0 Å². The molecule has 18 heavy (non-hydrogen) atoms. The molecule has 0 saturated carbocycles. The maximum Gasteiger partial charge on any atom is 0.313 e. The fourth-order valence-electron chi connectivity index (χ4n) is 1.33. The van der Waals surface area contributed by atoms with Crippen molar-refractivity contribution in [2.24, 2.45) is 0 Å². The summed E-state index contributed by atoms with van der Waals surface area (Å²) in [5.41, 5.74) is 1.03. The number of rotatable bonds is 6. The van der Waals surface area contributed by atoms with E-state index in [0.29, 0.717) is 6.54 Å². The van der Waals surface area contributed by atoms with Gasteiger partial charge in [0.15, 0.2) is 0 Å². The van der Waals surface area contributed by atoms with Gasteiger partial charge in [-0.3, -0.25) is 9.59 Å². The van der Waals surface area contributed by atoms with E-state index in [1.54, 1.807) is 11.9 Å². The third-order valence-electron chi connectivity index (χ3n) is 2.19. The zero-order chi connectivity index (χ0) is 13.5. The third-order valence-corrected chi connectivity index (χ3v) is 3.58. The molecule has 0 heterocycles. The lowest BCUT2D eigenvalue weighted by atomic mass is 10.2. The minimum atomic E-state index is -0.901. The van der Waals surface area contributed by atoms with Gasteiger partial charge in [0.05, 0.1) is 11.5 Å². The second-order valence-electron chi connectivity index (χ2n) is 3.77. The quantitative estimate of drug-likeness (QED) is 0.868. The first-order chi connectivity index (χ1) is 8.49. The van der Waals surface area contributed by atoms with Gasteiger partial charge in [0.1, 0.15) is 0 Å². The minimum Gasteiger partial charge on any atom is -0.481 e. The molecule has 1 N–H and O–H groups in total. The average molecular weight is 332 g/mol. The molecule has 0 spiro atoms. The summed E-state index contributed by atoms with van der Waals surface area (Å²) in [6.45, 7) is 0.520. The first-order valence-electron chi connectivity index (χ1n) is 5.27. The van der Waals surface area contributed by atoms with Crippen LogP contribution in [0.25, 0.3) is 0 Å². The summed E-state index contributed by atoms with van der Waals surface area (Å²) in [5, 5.41) is 8.48. The second-order valence-corrected chi connectivity index (χ2v) is 5.67. The van der Waals surface area contributed by atoms with Gasteiger partial charge in [-0.1, -0.05) is 28.1 Å². The average Bonchev–Trinajstić information content (AvgIpc) is 2.28. The van der Waals surface area contributed by atoms with Crippen LogP contribution in [0.3, 0.4) is 0 Å². The summed E-state index contributed by atoms with van der Waals surface area (Å²) in [6, 6.07) is 7.73. The number of thioether (sulfide) groups is 1. The highest BCUT2D eigenvalue weighted by molar-refractivity contribution is 9.10. The highest BCUT2D eigenvalue weighted by Gasteiger charge is 2.10. The number of carboxylic acids is 1. The minimum absolute atomic E-state index is 0.0452. The molecule has 0 aliphatic carbocycles. The molecule has 0 fully saturated rings. The summed E-state index contributed by atoms with van der Waals surface area (Å²) in [4.78, 5) is 23.6. The molecule has 0 atom stereocenters. The Hall–Kier alpha value is -1.01. The normalized spacial score (nSPS) is 10.1. The lowest BCUT2D eigenvalue weighted by Gasteiger charge is -2.17. The Morgan fingerprint density at radius 3 is 2.72 bits per heavy atom. The van der Waals surface area contributed by atoms with E-state index in [9.17, 15) is 9.59 Å². The van der Waals surface area contributed by atoms with Crippen LogP contribution in [0.15, 0.2) is 28.7 Å². The molecule has 6 heteroatoms. The van der Waals surface area contributed by atoms with E-state index in [4.69, 9.17) is 5.11 Å². The van der Waals surface area contributed by atoms with Gasteiger partial charge in [-0.25, -0.2) is 0 Å². The van der Waals surface area contributed by atoms with E-state index in [1.165, 1.54) is 0 Å². The number of hydrogen-bond donors (Lipinski definition) is 1. The first-order valence-corrected chi connectivity index (χ1v) is 7.21. The number of aliphatic carboxylic acids is 1. The van der Waals surface area contributed by atoms with Crippen molar-refractivity contribution in [3.63, 3.8) is 0 Å². The molecule has 1 rings (SSSR count). The van der Waals surface area contributed by atoms with E-state index in [0.717, 1.165) is 21.8 Å². The molecule has 0 bridgehead atoms. The molecule has 0 aliphatic rings. The molecule has 0 unspecified atom stereocenters. The van der Waals surface area contributed by atoms with E-state index in [-0.39, 0.29) is 17.4 Å². The predicted molar refractivity (Wildman–Crippen MR) is 75.6 cm³/mol. The predicted octanol–water partition coefficient (Wildman–Crippen LogP) is 2.23. The zero-order valence-electron chi connectivity index (χ0n) is 9.93. The van der Waals surface area contributed by atoms with Crippen molar-refractivity contribution in [3.05, 3.63) is 34.3 Å². The number of carboxylic acid groups (broad SMARTS) is 1. The fraction of sp³-hybridized carbons (Fsp3) is 0.333. The van der Waals surface area contributed by atoms with Crippen molar-refractivity contribution in [3.8, 4) is 0 Å². The van der Waals surface area contributed by atoms with Crippen LogP contribution < -0.4 is 0 Å². The number of nitrogens with zero attached hydrogens (tertiary/aromatic N) is 1. The second kappa shape index (κ2) is 7.43. The highest BCUT2D eigenvalue weighted by atomic mass is 79.9. The SMILES string of the molecule is CN(Cc1cccc(Br)c1)C(=O)CSCC(=O)O. The lowest BCUT2D eigenvalue weighted by Crippen LogP contribution is -2.28. The van der Waals surface area contributed by atoms with Crippen molar-refractivity contribution in [2.45, 2.75) is 6.54 Å². The number of amides is 1. The lowest BCUT2D eigenvalue weighted by molar-refractivity contribution is -0.133. The van der Waals surface area contributed by atoms with Crippen LogP contribution in [-0.2, 0) is 16.1 Å². The van der Waals surface area contributed by atoms with Gasteiger partial charge in [-0.2, -0.15) is 0 Å². The fourth-order valence-corrected chi connectivity index (χ4v) is 2.45. The number of carbonyl (C=O) groups is 2. The number of halogens is 1. The van der Waals surface area contributed by atoms with Crippen LogP contribution in [0.2, 0.25) is 0 Å². The van der Waals surface area contributed by atoms with E-state index in [1.807, 2.05) is 24.3 Å². The van der Waals surface area contributed by atoms with E-state index >= 15 is 0 Å². The Labute approximate surface area is 118 Å². The van der Waals surface area contributed by atoms with Crippen LogP contribution in [0, 0.1) is 0 Å². The smallest absolute Gasteiger partial charge is 0.313 e. The van der Waals surface area contributed by atoms with Gasteiger partial charge in [0, 0.05) is 18.1 Å². The van der Waals surface area contributed by atoms with Crippen LogP contribution >= 0.6 is 27.7 Å². The summed E-state index contributed by atoms with van der Waals surface area (Å²) < 4.78 is 0.973. The van der Waals surface area contributed by atoms with E-state index in [2.05, 4.69) is 15.9 Å². The molecular formula is C12H14BrNO3S. The summed E-state index contributed by atoms with van der Waals surface area (Å²) >= 11 is 4.49. The van der Waals surface area contributed by atoms with Gasteiger partial charge in [-0.05, 0) is 17.7 Å². The maximum atomic E-state index is 11.7. The van der Waals surface area contributed by atoms with Crippen LogP contribution in [0.1, 0.15) is 5.56 Å². The van der Waals surface area contributed by atoms with Crippen molar-refractivity contribution < 1.29 is 14.7 Å². The number of carbonyl (C=O) groups excluding carboxylic acids is 1. The molecule has 0 aliphatic heterocycles. The van der Waals surface area contributed by atoms with Gasteiger partial charge in [0.25, 0.3) is 0 Å². The molecule has 1 amide bonds. The Balaban J connectivity index is 2.42. The van der Waals surface area contributed by atoms with E-state index < -0.39 is 5.97 Å². The molecule has 0 radical (unpaired) electrons. The Kier molecular flexibility index (Phi) is 6.21. The Bertz CT molecular complexity index is 439. The van der Waals surface area contributed by atoms with Crippen LogP contribution in [-0.4, -0.2) is 40.4 Å². The van der Waals surface area contributed by atoms with Crippen molar-refractivity contribution in [2.75, 3.05) is 18.6 Å². The Morgan fingerprint density at radius 1 is 1.39 bits per heavy atom. The standard InChI is InChI=1S/C12H14BrNO3S/c1-14(11(15)7-18-8-12(16)17)6-9-3-2-4-10(13)5-9/h2-5H,6-8H2,1H3,(H,16,17). The van der Waals surface area contributed by atoms with Gasteiger partial charge >= 0.3 is 5.97 Å². The molecule has 1 aromatic carbocycles. The summed E-state index contributed by atoms with van der Waals surface area (Å²) in [5.74, 6) is -0.823. The molecule has 98 valence electrons. The Morgan fingerprint density at radius 2 is 2.11 bits per heavy atom. The summed E-state index contributed by atoms with van der Waals surface area (Å²) in [7, 11) is 1.71. The van der Waals surface area contributed by atoms with Gasteiger partial charge in [0.2, 0.25) is 5.91 Å². The first kappa shape index (κ1) is 15.0.